The van der Waals surface area contributed by atoms with Crippen LogP contribution in [0.15, 0.2) is 55.6 Å². The predicted molar refractivity (Wildman–Crippen MR) is 91.6 cm³/mol. The predicted octanol–water partition coefficient (Wildman–Crippen LogP) is -3.94. The van der Waals surface area contributed by atoms with Crippen LogP contribution in [0.1, 0.15) is 5.56 Å². The molecule has 1 aromatic carbocycles. The fourth-order valence-electron chi connectivity index (χ4n) is 2.04. The average Bonchev–Trinajstić information content (AvgIpc) is 2.91. The minimum absolute atomic E-state index is 0. The van der Waals surface area contributed by atoms with Crippen LogP contribution < -0.4 is 74.5 Å². The molecule has 0 unspecified atom stereocenters. The number of nitrogens with one attached hydrogen (secondary N) is 2. The van der Waals surface area contributed by atoms with Gasteiger partial charge < -0.3 is 24.3 Å². The molecule has 7 nitrogen and oxygen atoms in total. The molecule has 0 atom stereocenters. The van der Waals surface area contributed by atoms with Crippen LogP contribution in [0.5, 0.6) is 0 Å². The number of hydrogen-bond donors (Lipinski definition) is 2. The Kier molecular flexibility index (Phi) is 9.60. The van der Waals surface area contributed by atoms with Gasteiger partial charge in [-0.3, -0.25) is 4.79 Å². The zero-order valence-electron chi connectivity index (χ0n) is 13.9. The third-order valence-electron chi connectivity index (χ3n) is 3.06. The molecule has 26 heavy (non-hydrogen) atoms. The minimum atomic E-state index is -4.75. The van der Waals surface area contributed by atoms with Gasteiger partial charge in [-0.15, -0.1) is 0 Å². The van der Waals surface area contributed by atoms with Crippen LogP contribution in [0.25, 0.3) is 17.1 Å². The summed E-state index contributed by atoms with van der Waals surface area (Å²) >= 11 is 4.62. The Morgan fingerprint density at radius 3 is 2.62 bits per heavy atom. The number of halogens is 1. The molecule has 2 heterocycles. The number of H-pyrrole nitrogens is 2. The number of nitrogens with zero attached hydrogens (tertiary/aromatic N) is 1. The summed E-state index contributed by atoms with van der Waals surface area (Å²) in [6.07, 6.45) is 4.22. The number of hydrogen-bond acceptors (Lipinski definition) is 6. The van der Waals surface area contributed by atoms with Gasteiger partial charge in [-0.25, -0.2) is 4.98 Å². The van der Waals surface area contributed by atoms with Crippen molar-refractivity contribution in [3.63, 3.8) is 0 Å². The van der Waals surface area contributed by atoms with Crippen molar-refractivity contribution >= 4 is 52.4 Å². The Hall–Kier alpha value is 0.360. The summed E-state index contributed by atoms with van der Waals surface area (Å²) < 4.78 is 11.6. The first-order valence-corrected chi connectivity index (χ1v) is 9.79. The topological polar surface area (TPSA) is 125 Å². The van der Waals surface area contributed by atoms with Crippen molar-refractivity contribution < 1.29 is 73.5 Å². The smallest absolute Gasteiger partial charge is 0.808 e. The van der Waals surface area contributed by atoms with E-state index in [0.29, 0.717) is 32.2 Å². The Morgan fingerprint density at radius 2 is 1.92 bits per heavy atom. The van der Waals surface area contributed by atoms with Crippen molar-refractivity contribution in [1.82, 2.24) is 15.0 Å². The van der Waals surface area contributed by atoms with Gasteiger partial charge in [-0.1, -0.05) is 39.6 Å². The Balaban J connectivity index is 0.00000169. The monoisotopic (exact) mass is 471 g/mol. The van der Waals surface area contributed by atoms with Gasteiger partial charge >= 0.3 is 59.1 Å². The zero-order valence-corrected chi connectivity index (χ0v) is 21.2. The second-order valence-electron chi connectivity index (χ2n) is 4.75. The number of rotatable bonds is 4. The first-order valence-electron chi connectivity index (χ1n) is 6.57. The van der Waals surface area contributed by atoms with Crippen LogP contribution in [0.3, 0.4) is 0 Å². The normalized spacial score (nSPS) is 11.3. The fraction of sp³-hybridized carbons (Fsp3) is 0. The van der Waals surface area contributed by atoms with E-state index >= 15 is 0 Å². The third kappa shape index (κ3) is 6.18. The van der Waals surface area contributed by atoms with Crippen molar-refractivity contribution in [1.29, 1.82) is 0 Å². The van der Waals surface area contributed by atoms with Crippen LogP contribution in [-0.2, 0) is 4.57 Å². The summed E-state index contributed by atoms with van der Waals surface area (Å²) in [5.74, 6) is 0.636. The molecule has 0 bridgehead atoms. The van der Waals surface area contributed by atoms with E-state index in [1.807, 2.05) is 0 Å². The molecule has 0 aliphatic rings. The average molecular weight is 472 g/mol. The van der Waals surface area contributed by atoms with E-state index in [9.17, 15) is 19.1 Å². The van der Waals surface area contributed by atoms with E-state index < -0.39 is 7.60 Å². The molecule has 124 valence electrons. The number of aromatic nitrogens is 3. The van der Waals surface area contributed by atoms with E-state index in [1.54, 1.807) is 24.4 Å². The van der Waals surface area contributed by atoms with Crippen molar-refractivity contribution in [2.75, 3.05) is 0 Å². The van der Waals surface area contributed by atoms with E-state index in [1.165, 1.54) is 24.2 Å². The maximum Gasteiger partial charge on any atom is 1.00 e. The van der Waals surface area contributed by atoms with Gasteiger partial charge in [0.1, 0.15) is 11.0 Å². The fourth-order valence-corrected chi connectivity index (χ4v) is 3.75. The van der Waals surface area contributed by atoms with Crippen LogP contribution >= 0.6 is 35.3 Å². The van der Waals surface area contributed by atoms with Crippen LogP contribution in [0.2, 0.25) is 0 Å². The molecule has 3 aromatic rings. The number of benzene rings is 1. The molecule has 3 rings (SSSR count). The van der Waals surface area contributed by atoms with Gasteiger partial charge in [-0.2, -0.15) is 0 Å². The molecule has 0 saturated heterocycles. The molecule has 0 aliphatic carbocycles. The summed E-state index contributed by atoms with van der Waals surface area (Å²) in [6.45, 7) is 0. The molecule has 12 heteroatoms. The van der Waals surface area contributed by atoms with Crippen molar-refractivity contribution in [3.8, 4) is 0 Å². The molecule has 2 N–H and O–H groups in total. The Bertz CT molecular complexity index is 1050. The summed E-state index contributed by atoms with van der Waals surface area (Å²) in [6, 6.07) is 5.27. The third-order valence-corrected chi connectivity index (χ3v) is 5.19. The molecule has 0 saturated carbocycles. The molecular formula is C14H9BrN3Na2O4PS. The molecule has 0 fully saturated rings. The largest absolute Gasteiger partial charge is 1.00 e. The van der Waals surface area contributed by atoms with E-state index in [2.05, 4.69) is 30.9 Å². The second kappa shape index (κ2) is 10.2. The van der Waals surface area contributed by atoms with E-state index in [4.69, 9.17) is 0 Å². The van der Waals surface area contributed by atoms with Crippen molar-refractivity contribution in [3.05, 3.63) is 56.9 Å². The van der Waals surface area contributed by atoms with Crippen molar-refractivity contribution in [2.45, 2.75) is 9.79 Å². The quantitative estimate of drug-likeness (QED) is 0.295. The first kappa shape index (κ1) is 24.4. The first-order chi connectivity index (χ1) is 11.3. The zero-order chi connectivity index (χ0) is 17.3. The van der Waals surface area contributed by atoms with Gasteiger partial charge in [-0.05, 0) is 31.4 Å². The molecule has 0 spiro atoms. The maximum atomic E-state index is 11.7. The molecular weight excluding hydrogens is 463 g/mol. The van der Waals surface area contributed by atoms with Gasteiger partial charge in [0, 0.05) is 15.6 Å². The Labute approximate surface area is 205 Å². The summed E-state index contributed by atoms with van der Waals surface area (Å²) in [7, 11) is -4.75. The van der Waals surface area contributed by atoms with Gasteiger partial charge in [0.2, 0.25) is 0 Å². The molecule has 0 aliphatic heterocycles. The van der Waals surface area contributed by atoms with Gasteiger partial charge in [0.15, 0.2) is 0 Å². The minimum Gasteiger partial charge on any atom is -0.808 e. The summed E-state index contributed by atoms with van der Waals surface area (Å²) in [4.78, 5) is 44.3. The summed E-state index contributed by atoms with van der Waals surface area (Å²) in [5, 5.41) is 0. The maximum absolute atomic E-state index is 11.7. The van der Waals surface area contributed by atoms with Crippen LogP contribution in [0, 0.1) is 0 Å². The van der Waals surface area contributed by atoms with Crippen LogP contribution in [0.4, 0.5) is 0 Å². The Morgan fingerprint density at radius 1 is 1.19 bits per heavy atom. The van der Waals surface area contributed by atoms with Crippen LogP contribution in [-0.4, -0.2) is 15.0 Å². The number of aromatic amines is 2. The van der Waals surface area contributed by atoms with E-state index in [-0.39, 0.29) is 64.7 Å². The molecule has 0 radical (unpaired) electrons. The SMILES string of the molecule is O=c1[nH]cnc2c(Sc3ccc(Br)cc3/C=C/P(=O)([O-])[O-])c[nH]c12.[Na+].[Na+]. The van der Waals surface area contributed by atoms with Gasteiger partial charge in [0.05, 0.1) is 11.2 Å². The summed E-state index contributed by atoms with van der Waals surface area (Å²) in [5.41, 5.74) is 1.15. The number of fused-ring (bicyclic) bond motifs is 1. The van der Waals surface area contributed by atoms with Crippen molar-refractivity contribution in [2.24, 2.45) is 0 Å². The van der Waals surface area contributed by atoms with E-state index in [0.717, 1.165) is 4.47 Å². The molecule has 2 aromatic heterocycles. The molecule has 0 amide bonds. The second-order valence-corrected chi connectivity index (χ2v) is 8.13. The van der Waals surface area contributed by atoms with Gasteiger partial charge in [0.25, 0.3) is 5.56 Å². The standard InChI is InChI=1S/C14H11BrN3O4PS.2Na/c15-9-1-2-10(8(5-9)3-4-23(20,21)22)24-11-6-16-13-12(11)17-7-18-14(13)19;;/h1-7,16H,(H,17,18,19)(H2,20,21,22);;/q;2*+1/p-2/b4-3+;;.